The standard InChI is InChI=1S/C13H19NO4/c1-3-17-11-6-4-5-7-12(11)18-9-8-14-10(2)13(15)16/h4-7,10,14H,3,8-9H2,1-2H3,(H,15,16)/t10-/m1/s1. The summed E-state index contributed by atoms with van der Waals surface area (Å²) in [5.41, 5.74) is 0. The Kier molecular flexibility index (Phi) is 6.00. The highest BCUT2D eigenvalue weighted by Gasteiger charge is 2.09. The van der Waals surface area contributed by atoms with Crippen molar-refractivity contribution in [2.75, 3.05) is 19.8 Å². The lowest BCUT2D eigenvalue weighted by molar-refractivity contribution is -0.139. The van der Waals surface area contributed by atoms with E-state index in [0.717, 1.165) is 0 Å². The van der Waals surface area contributed by atoms with E-state index in [9.17, 15) is 4.79 Å². The molecule has 0 heterocycles. The number of benzene rings is 1. The Morgan fingerprint density at radius 3 is 2.50 bits per heavy atom. The zero-order valence-corrected chi connectivity index (χ0v) is 10.7. The molecule has 0 aliphatic heterocycles. The van der Waals surface area contributed by atoms with E-state index in [-0.39, 0.29) is 0 Å². The van der Waals surface area contributed by atoms with Crippen LogP contribution in [0.25, 0.3) is 0 Å². The van der Waals surface area contributed by atoms with Crippen molar-refractivity contribution >= 4 is 5.97 Å². The van der Waals surface area contributed by atoms with Gasteiger partial charge in [-0.05, 0) is 26.0 Å². The molecule has 5 nitrogen and oxygen atoms in total. The number of ether oxygens (including phenoxy) is 2. The summed E-state index contributed by atoms with van der Waals surface area (Å²) in [7, 11) is 0. The Morgan fingerprint density at radius 1 is 1.33 bits per heavy atom. The lowest BCUT2D eigenvalue weighted by Gasteiger charge is -2.13. The van der Waals surface area contributed by atoms with Gasteiger partial charge in [-0.3, -0.25) is 4.79 Å². The van der Waals surface area contributed by atoms with Crippen LogP contribution >= 0.6 is 0 Å². The van der Waals surface area contributed by atoms with Crippen molar-refractivity contribution in [2.24, 2.45) is 0 Å². The van der Waals surface area contributed by atoms with Crippen LogP contribution in [-0.4, -0.2) is 36.9 Å². The second-order valence-corrected chi connectivity index (χ2v) is 3.74. The van der Waals surface area contributed by atoms with Crippen molar-refractivity contribution in [3.63, 3.8) is 0 Å². The number of nitrogens with one attached hydrogen (secondary N) is 1. The van der Waals surface area contributed by atoms with Gasteiger partial charge in [0, 0.05) is 6.54 Å². The first-order valence-corrected chi connectivity index (χ1v) is 5.96. The first kappa shape index (κ1) is 14.3. The molecule has 0 spiro atoms. The number of para-hydroxylation sites is 2. The molecule has 2 N–H and O–H groups in total. The molecule has 18 heavy (non-hydrogen) atoms. The normalized spacial score (nSPS) is 11.9. The predicted octanol–water partition coefficient (Wildman–Crippen LogP) is 1.53. The summed E-state index contributed by atoms with van der Waals surface area (Å²) < 4.78 is 11.0. The van der Waals surface area contributed by atoms with Gasteiger partial charge in [-0.1, -0.05) is 12.1 Å². The van der Waals surface area contributed by atoms with E-state index < -0.39 is 12.0 Å². The molecular formula is C13H19NO4. The number of carboxylic acid groups (broad SMARTS) is 1. The van der Waals surface area contributed by atoms with Gasteiger partial charge >= 0.3 is 5.97 Å². The summed E-state index contributed by atoms with van der Waals surface area (Å²) >= 11 is 0. The van der Waals surface area contributed by atoms with E-state index in [1.807, 2.05) is 31.2 Å². The van der Waals surface area contributed by atoms with Crippen molar-refractivity contribution < 1.29 is 19.4 Å². The molecule has 1 atom stereocenters. The third kappa shape index (κ3) is 4.63. The molecule has 1 aromatic carbocycles. The van der Waals surface area contributed by atoms with Gasteiger partial charge in [-0.25, -0.2) is 0 Å². The van der Waals surface area contributed by atoms with E-state index in [1.165, 1.54) is 0 Å². The summed E-state index contributed by atoms with van der Waals surface area (Å²) in [6.45, 7) is 4.94. The number of aliphatic carboxylic acids is 1. The summed E-state index contributed by atoms with van der Waals surface area (Å²) in [6, 6.07) is 6.83. The maximum atomic E-state index is 10.6. The van der Waals surface area contributed by atoms with E-state index in [0.29, 0.717) is 31.3 Å². The SMILES string of the molecule is CCOc1ccccc1OCCN[C@H](C)C(=O)O. The number of hydrogen-bond donors (Lipinski definition) is 2. The Balaban J connectivity index is 2.37. The highest BCUT2D eigenvalue weighted by molar-refractivity contribution is 5.72. The molecular weight excluding hydrogens is 234 g/mol. The second kappa shape index (κ2) is 7.55. The largest absolute Gasteiger partial charge is 0.490 e. The second-order valence-electron chi connectivity index (χ2n) is 3.74. The van der Waals surface area contributed by atoms with Crippen LogP contribution in [0, 0.1) is 0 Å². The van der Waals surface area contributed by atoms with Gasteiger partial charge < -0.3 is 19.9 Å². The molecule has 0 radical (unpaired) electrons. The van der Waals surface area contributed by atoms with Crippen molar-refractivity contribution in [2.45, 2.75) is 19.9 Å². The number of rotatable bonds is 8. The van der Waals surface area contributed by atoms with Crippen LogP contribution < -0.4 is 14.8 Å². The Morgan fingerprint density at radius 2 is 1.94 bits per heavy atom. The Hall–Kier alpha value is -1.75. The lowest BCUT2D eigenvalue weighted by Crippen LogP contribution is -2.36. The average molecular weight is 253 g/mol. The predicted molar refractivity (Wildman–Crippen MR) is 68.2 cm³/mol. The maximum absolute atomic E-state index is 10.6. The third-order valence-electron chi connectivity index (χ3n) is 2.33. The quantitative estimate of drug-likeness (QED) is 0.688. The summed E-state index contributed by atoms with van der Waals surface area (Å²) in [5.74, 6) is 0.500. The van der Waals surface area contributed by atoms with Crippen LogP contribution in [-0.2, 0) is 4.79 Å². The molecule has 0 fully saturated rings. The molecule has 0 saturated heterocycles. The van der Waals surface area contributed by atoms with Gasteiger partial charge in [0.1, 0.15) is 12.6 Å². The fourth-order valence-corrected chi connectivity index (χ4v) is 1.37. The minimum atomic E-state index is -0.871. The number of carbonyl (C=O) groups is 1. The fourth-order valence-electron chi connectivity index (χ4n) is 1.37. The minimum absolute atomic E-state index is 0.391. The smallest absolute Gasteiger partial charge is 0.320 e. The summed E-state index contributed by atoms with van der Waals surface area (Å²) in [6.07, 6.45) is 0. The van der Waals surface area contributed by atoms with Gasteiger partial charge in [-0.2, -0.15) is 0 Å². The van der Waals surface area contributed by atoms with Crippen molar-refractivity contribution in [3.05, 3.63) is 24.3 Å². The average Bonchev–Trinajstić information content (AvgIpc) is 2.36. The van der Waals surface area contributed by atoms with Crippen molar-refractivity contribution in [3.8, 4) is 11.5 Å². The topological polar surface area (TPSA) is 67.8 Å². The zero-order chi connectivity index (χ0) is 13.4. The van der Waals surface area contributed by atoms with Gasteiger partial charge in [-0.15, -0.1) is 0 Å². The number of hydrogen-bond acceptors (Lipinski definition) is 4. The van der Waals surface area contributed by atoms with E-state index in [1.54, 1.807) is 6.92 Å². The molecule has 1 rings (SSSR count). The molecule has 0 bridgehead atoms. The first-order valence-electron chi connectivity index (χ1n) is 5.96. The zero-order valence-electron chi connectivity index (χ0n) is 10.7. The van der Waals surface area contributed by atoms with Crippen LogP contribution in [0.3, 0.4) is 0 Å². The molecule has 1 aromatic rings. The molecule has 0 unspecified atom stereocenters. The summed E-state index contributed by atoms with van der Waals surface area (Å²) in [4.78, 5) is 10.6. The van der Waals surface area contributed by atoms with E-state index in [2.05, 4.69) is 5.32 Å². The van der Waals surface area contributed by atoms with Crippen LogP contribution in [0.4, 0.5) is 0 Å². The van der Waals surface area contributed by atoms with Gasteiger partial charge in [0.2, 0.25) is 0 Å². The van der Waals surface area contributed by atoms with E-state index in [4.69, 9.17) is 14.6 Å². The van der Waals surface area contributed by atoms with Gasteiger partial charge in [0.15, 0.2) is 11.5 Å². The first-order chi connectivity index (χ1) is 8.65. The van der Waals surface area contributed by atoms with Crippen LogP contribution in [0.15, 0.2) is 24.3 Å². The van der Waals surface area contributed by atoms with Crippen LogP contribution in [0.5, 0.6) is 11.5 Å². The molecule has 0 aliphatic rings. The highest BCUT2D eigenvalue weighted by atomic mass is 16.5. The molecule has 0 aliphatic carbocycles. The van der Waals surface area contributed by atoms with E-state index >= 15 is 0 Å². The molecule has 0 saturated carbocycles. The third-order valence-corrected chi connectivity index (χ3v) is 2.33. The van der Waals surface area contributed by atoms with Crippen LogP contribution in [0.1, 0.15) is 13.8 Å². The molecule has 100 valence electrons. The summed E-state index contributed by atoms with van der Waals surface area (Å²) in [5, 5.41) is 11.5. The molecule has 0 amide bonds. The minimum Gasteiger partial charge on any atom is -0.490 e. The Bertz CT molecular complexity index is 381. The van der Waals surface area contributed by atoms with Crippen LogP contribution in [0.2, 0.25) is 0 Å². The monoisotopic (exact) mass is 253 g/mol. The van der Waals surface area contributed by atoms with Crippen molar-refractivity contribution in [1.29, 1.82) is 0 Å². The van der Waals surface area contributed by atoms with Gasteiger partial charge in [0.05, 0.1) is 6.61 Å². The lowest BCUT2D eigenvalue weighted by atomic mass is 10.3. The number of carboxylic acids is 1. The molecule has 5 heteroatoms. The highest BCUT2D eigenvalue weighted by Crippen LogP contribution is 2.25. The Labute approximate surface area is 107 Å². The fraction of sp³-hybridized carbons (Fsp3) is 0.462. The van der Waals surface area contributed by atoms with Gasteiger partial charge in [0.25, 0.3) is 0 Å². The van der Waals surface area contributed by atoms with Crippen molar-refractivity contribution in [1.82, 2.24) is 5.32 Å². The molecule has 0 aromatic heterocycles. The maximum Gasteiger partial charge on any atom is 0.320 e.